The van der Waals surface area contributed by atoms with Crippen molar-refractivity contribution >= 4 is 16.8 Å². The molecule has 2 N–H and O–H groups in total. The molecule has 1 aliphatic carbocycles. The molecule has 128 valence electrons. The van der Waals surface area contributed by atoms with Crippen molar-refractivity contribution in [3.63, 3.8) is 0 Å². The third-order valence-electron chi connectivity index (χ3n) is 5.01. The van der Waals surface area contributed by atoms with Gasteiger partial charge in [-0.1, -0.05) is 17.7 Å². The van der Waals surface area contributed by atoms with Crippen molar-refractivity contribution in [2.24, 2.45) is 0 Å². The van der Waals surface area contributed by atoms with Gasteiger partial charge in [0.05, 0.1) is 7.11 Å². The minimum atomic E-state index is -0.0423. The highest BCUT2D eigenvalue weighted by Gasteiger charge is 2.24. The van der Waals surface area contributed by atoms with E-state index in [0.29, 0.717) is 11.3 Å². The van der Waals surface area contributed by atoms with Crippen LogP contribution in [0.5, 0.6) is 5.75 Å². The van der Waals surface area contributed by atoms with Crippen LogP contribution in [0.15, 0.2) is 42.5 Å². The molecule has 1 aromatic heterocycles. The fourth-order valence-corrected chi connectivity index (χ4v) is 3.70. The van der Waals surface area contributed by atoms with Gasteiger partial charge in [0.1, 0.15) is 5.75 Å². The highest BCUT2D eigenvalue weighted by molar-refractivity contribution is 5.95. The molecule has 1 unspecified atom stereocenters. The number of carbonyl (C=O) groups is 1. The lowest BCUT2D eigenvalue weighted by atomic mass is 9.91. The Hall–Kier alpha value is -2.75. The average Bonchev–Trinajstić information content (AvgIpc) is 2.98. The van der Waals surface area contributed by atoms with E-state index in [1.807, 2.05) is 18.2 Å². The first-order valence-corrected chi connectivity index (χ1v) is 8.69. The van der Waals surface area contributed by atoms with Crippen molar-refractivity contribution in [3.05, 3.63) is 64.8 Å². The van der Waals surface area contributed by atoms with E-state index in [-0.39, 0.29) is 11.9 Å². The first-order valence-electron chi connectivity index (χ1n) is 8.69. The van der Waals surface area contributed by atoms with Crippen LogP contribution in [0.4, 0.5) is 0 Å². The molecule has 0 bridgehead atoms. The van der Waals surface area contributed by atoms with Gasteiger partial charge in [0.15, 0.2) is 0 Å². The minimum Gasteiger partial charge on any atom is -0.497 e. The second-order valence-electron chi connectivity index (χ2n) is 6.78. The molecular weight excluding hydrogens is 312 g/mol. The molecule has 4 nitrogen and oxygen atoms in total. The normalized spacial score (nSPS) is 16.5. The molecule has 4 heteroatoms. The number of hydrogen-bond donors (Lipinski definition) is 2. The number of benzene rings is 2. The summed E-state index contributed by atoms with van der Waals surface area (Å²) in [5.74, 6) is 0.656. The predicted molar refractivity (Wildman–Crippen MR) is 99.3 cm³/mol. The Morgan fingerprint density at radius 3 is 2.96 bits per heavy atom. The average molecular weight is 334 g/mol. The van der Waals surface area contributed by atoms with E-state index in [4.69, 9.17) is 4.74 Å². The Kier molecular flexibility index (Phi) is 3.96. The SMILES string of the molecule is COc1cccc(C(=O)NC2CCc3c([nH]c4ccc(C)cc34)C2)c1. The number of amides is 1. The van der Waals surface area contributed by atoms with Crippen molar-refractivity contribution in [2.45, 2.75) is 32.2 Å². The molecule has 1 heterocycles. The van der Waals surface area contributed by atoms with Crippen molar-refractivity contribution in [2.75, 3.05) is 7.11 Å². The summed E-state index contributed by atoms with van der Waals surface area (Å²) in [5, 5.41) is 4.50. The fraction of sp³-hybridized carbons (Fsp3) is 0.286. The zero-order valence-electron chi connectivity index (χ0n) is 14.6. The summed E-state index contributed by atoms with van der Waals surface area (Å²) in [7, 11) is 1.61. The van der Waals surface area contributed by atoms with Gasteiger partial charge in [-0.05, 0) is 55.7 Å². The fourth-order valence-electron chi connectivity index (χ4n) is 3.70. The van der Waals surface area contributed by atoms with Gasteiger partial charge in [0.25, 0.3) is 5.91 Å². The topological polar surface area (TPSA) is 54.1 Å². The second-order valence-corrected chi connectivity index (χ2v) is 6.78. The summed E-state index contributed by atoms with van der Waals surface area (Å²) in [4.78, 5) is 16.1. The molecule has 4 rings (SSSR count). The Bertz CT molecular complexity index is 942. The summed E-state index contributed by atoms with van der Waals surface area (Å²) >= 11 is 0. The molecule has 1 atom stereocenters. The number of aromatic amines is 1. The summed E-state index contributed by atoms with van der Waals surface area (Å²) in [6.07, 6.45) is 2.80. The van der Waals surface area contributed by atoms with Gasteiger partial charge in [-0.2, -0.15) is 0 Å². The number of rotatable bonds is 3. The maximum atomic E-state index is 12.5. The lowest BCUT2D eigenvalue weighted by Gasteiger charge is -2.23. The van der Waals surface area contributed by atoms with Crippen molar-refractivity contribution in [3.8, 4) is 5.75 Å². The Morgan fingerprint density at radius 1 is 1.24 bits per heavy atom. The lowest BCUT2D eigenvalue weighted by Crippen LogP contribution is -2.38. The van der Waals surface area contributed by atoms with Crippen LogP contribution < -0.4 is 10.1 Å². The number of hydrogen-bond acceptors (Lipinski definition) is 2. The van der Waals surface area contributed by atoms with E-state index < -0.39 is 0 Å². The first-order chi connectivity index (χ1) is 12.1. The van der Waals surface area contributed by atoms with Crippen LogP contribution in [0, 0.1) is 6.92 Å². The molecular formula is C21H22N2O2. The monoisotopic (exact) mass is 334 g/mol. The third kappa shape index (κ3) is 3.00. The molecule has 1 aliphatic rings. The molecule has 0 spiro atoms. The number of aryl methyl sites for hydroxylation is 2. The van der Waals surface area contributed by atoms with Crippen molar-refractivity contribution in [1.82, 2.24) is 10.3 Å². The van der Waals surface area contributed by atoms with Gasteiger partial charge in [-0.25, -0.2) is 0 Å². The number of aromatic nitrogens is 1. The molecule has 0 saturated carbocycles. The third-order valence-corrected chi connectivity index (χ3v) is 5.01. The Morgan fingerprint density at radius 2 is 2.12 bits per heavy atom. The molecule has 0 aliphatic heterocycles. The van der Waals surface area contributed by atoms with Crippen molar-refractivity contribution < 1.29 is 9.53 Å². The lowest BCUT2D eigenvalue weighted by molar-refractivity contribution is 0.0933. The van der Waals surface area contributed by atoms with Gasteiger partial charge in [0.2, 0.25) is 0 Å². The smallest absolute Gasteiger partial charge is 0.251 e. The van der Waals surface area contributed by atoms with Crippen LogP contribution >= 0.6 is 0 Å². The second kappa shape index (κ2) is 6.28. The van der Waals surface area contributed by atoms with E-state index in [1.54, 1.807) is 13.2 Å². The number of methoxy groups -OCH3 is 1. The molecule has 1 amide bonds. The van der Waals surface area contributed by atoms with Gasteiger partial charge in [-0.15, -0.1) is 0 Å². The molecule has 0 fully saturated rings. The maximum absolute atomic E-state index is 12.5. The predicted octanol–water partition coefficient (Wildman–Crippen LogP) is 3.77. The van der Waals surface area contributed by atoms with Gasteiger partial charge < -0.3 is 15.0 Å². The summed E-state index contributed by atoms with van der Waals surface area (Å²) < 4.78 is 5.20. The zero-order chi connectivity index (χ0) is 17.4. The molecule has 2 aromatic carbocycles. The van der Waals surface area contributed by atoms with Gasteiger partial charge >= 0.3 is 0 Å². The number of fused-ring (bicyclic) bond motifs is 3. The minimum absolute atomic E-state index is 0.0423. The Labute approximate surface area is 147 Å². The summed E-state index contributed by atoms with van der Waals surface area (Å²) in [6.45, 7) is 2.12. The highest BCUT2D eigenvalue weighted by Crippen LogP contribution is 2.30. The van der Waals surface area contributed by atoms with E-state index in [1.165, 1.54) is 27.7 Å². The molecule has 25 heavy (non-hydrogen) atoms. The van der Waals surface area contributed by atoms with Crippen LogP contribution in [0.3, 0.4) is 0 Å². The van der Waals surface area contributed by atoms with Crippen LogP contribution in [0.25, 0.3) is 10.9 Å². The largest absolute Gasteiger partial charge is 0.497 e. The van der Waals surface area contributed by atoms with Crippen LogP contribution in [-0.2, 0) is 12.8 Å². The van der Waals surface area contributed by atoms with Crippen LogP contribution in [-0.4, -0.2) is 24.0 Å². The molecule has 0 saturated heterocycles. The van der Waals surface area contributed by atoms with Crippen molar-refractivity contribution in [1.29, 1.82) is 0 Å². The van der Waals surface area contributed by atoms with Crippen LogP contribution in [0.2, 0.25) is 0 Å². The Balaban J connectivity index is 1.52. The number of H-pyrrole nitrogens is 1. The summed E-state index contributed by atoms with van der Waals surface area (Å²) in [5.41, 5.74) is 5.77. The molecule has 0 radical (unpaired) electrons. The van der Waals surface area contributed by atoms with Gasteiger partial charge in [0, 0.05) is 34.6 Å². The number of ether oxygens (including phenoxy) is 1. The van der Waals surface area contributed by atoms with E-state index in [0.717, 1.165) is 19.3 Å². The maximum Gasteiger partial charge on any atom is 0.251 e. The molecule has 3 aromatic rings. The van der Waals surface area contributed by atoms with E-state index in [2.05, 4.69) is 35.4 Å². The highest BCUT2D eigenvalue weighted by atomic mass is 16.5. The quantitative estimate of drug-likeness (QED) is 0.766. The number of nitrogens with one attached hydrogen (secondary N) is 2. The van der Waals surface area contributed by atoms with E-state index in [9.17, 15) is 4.79 Å². The zero-order valence-corrected chi connectivity index (χ0v) is 14.6. The first kappa shape index (κ1) is 15.8. The van der Waals surface area contributed by atoms with Gasteiger partial charge in [-0.3, -0.25) is 4.79 Å². The standard InChI is InChI=1S/C21H22N2O2/c1-13-6-9-19-18(10-13)17-8-7-15(12-20(17)23-19)22-21(24)14-4-3-5-16(11-14)25-2/h3-6,9-11,15,23H,7-8,12H2,1-2H3,(H,22,24). The number of carbonyl (C=O) groups excluding carboxylic acids is 1. The summed E-state index contributed by atoms with van der Waals surface area (Å²) in [6, 6.07) is 14.0. The van der Waals surface area contributed by atoms with E-state index >= 15 is 0 Å². The van der Waals surface area contributed by atoms with Crippen LogP contribution in [0.1, 0.15) is 33.6 Å².